The van der Waals surface area contributed by atoms with Crippen molar-refractivity contribution >= 4 is 11.6 Å². The number of nitrogens with zero attached hydrogens (tertiary/aromatic N) is 6. The van der Waals surface area contributed by atoms with Crippen LogP contribution in [0.2, 0.25) is 0 Å². The van der Waals surface area contributed by atoms with E-state index in [0.717, 1.165) is 36.0 Å². The first-order chi connectivity index (χ1) is 14.3. The first-order valence-electron chi connectivity index (χ1n) is 10.3. The molecule has 1 fully saturated rings. The van der Waals surface area contributed by atoms with Crippen LogP contribution in [0.25, 0.3) is 16.8 Å². The van der Waals surface area contributed by atoms with Gasteiger partial charge in [0.25, 0.3) is 0 Å². The van der Waals surface area contributed by atoms with E-state index in [2.05, 4.69) is 10.2 Å². The molecule has 4 heterocycles. The van der Waals surface area contributed by atoms with Crippen molar-refractivity contribution < 1.29 is 14.3 Å². The number of ether oxygens (including phenoxy) is 2. The van der Waals surface area contributed by atoms with Crippen LogP contribution < -0.4 is 4.74 Å². The number of carbonyl (C=O) groups is 1. The van der Waals surface area contributed by atoms with Crippen LogP contribution in [0, 0.1) is 0 Å². The molecule has 1 aliphatic heterocycles. The molecule has 1 aliphatic rings. The van der Waals surface area contributed by atoms with Crippen molar-refractivity contribution in [1.82, 2.24) is 29.3 Å². The minimum absolute atomic E-state index is 0.0345. The summed E-state index contributed by atoms with van der Waals surface area (Å²) in [4.78, 5) is 18.9. The molecule has 9 nitrogen and oxygen atoms in total. The first kappa shape index (κ1) is 20.2. The number of rotatable bonds is 3. The van der Waals surface area contributed by atoms with Crippen LogP contribution in [0.1, 0.15) is 40.0 Å². The second-order valence-electron chi connectivity index (χ2n) is 8.63. The Morgan fingerprint density at radius 3 is 2.73 bits per heavy atom. The molecule has 0 bridgehead atoms. The number of likely N-dealkylation sites (tertiary alicyclic amines) is 1. The largest absolute Gasteiger partial charge is 0.473 e. The normalized spacial score (nSPS) is 17.7. The number of hydrogen-bond donors (Lipinski definition) is 0. The first-order valence-corrected chi connectivity index (χ1v) is 10.3. The summed E-state index contributed by atoms with van der Waals surface area (Å²) in [6.07, 6.45) is 9.40. The highest BCUT2D eigenvalue weighted by Crippen LogP contribution is 2.26. The van der Waals surface area contributed by atoms with Crippen LogP contribution in [-0.2, 0) is 11.8 Å². The van der Waals surface area contributed by atoms with Gasteiger partial charge in [-0.25, -0.2) is 14.3 Å². The number of fused-ring (bicyclic) bond motifs is 1. The van der Waals surface area contributed by atoms with Crippen LogP contribution in [-0.4, -0.2) is 60.2 Å². The molecule has 1 atom stereocenters. The molecule has 0 spiro atoms. The Hall–Kier alpha value is -3.10. The number of hydrogen-bond acceptors (Lipinski definition) is 6. The molecule has 0 N–H and O–H groups in total. The zero-order valence-electron chi connectivity index (χ0n) is 17.9. The van der Waals surface area contributed by atoms with Crippen molar-refractivity contribution in [2.45, 2.75) is 51.7 Å². The SMILES string of the molecule is Cn1cc(-c2cn3nccc3c(O[C@@H]3CCCN(C(=O)OC(C)(C)C)CC3)n2)cn1. The minimum atomic E-state index is -0.496. The Labute approximate surface area is 175 Å². The standard InChI is InChI=1S/C21H28N6O3/c1-21(2,3)30-20(28)26-10-5-6-16(8-11-26)29-19-18-7-9-22-27(18)14-17(24-19)15-12-23-25(4)13-15/h7,9,12-14,16H,5-6,8,10-11H2,1-4H3/t16-/m1/s1. The van der Waals surface area contributed by atoms with E-state index in [9.17, 15) is 4.79 Å². The molecule has 160 valence electrons. The molecule has 0 saturated carbocycles. The van der Waals surface area contributed by atoms with Gasteiger partial charge in [0.15, 0.2) is 0 Å². The van der Waals surface area contributed by atoms with Crippen molar-refractivity contribution in [2.24, 2.45) is 7.05 Å². The molecule has 4 rings (SSSR count). The zero-order valence-corrected chi connectivity index (χ0v) is 17.9. The lowest BCUT2D eigenvalue weighted by molar-refractivity contribution is 0.0252. The summed E-state index contributed by atoms with van der Waals surface area (Å²) in [7, 11) is 1.87. The van der Waals surface area contributed by atoms with E-state index in [0.29, 0.717) is 19.0 Å². The zero-order chi connectivity index (χ0) is 21.3. The summed E-state index contributed by atoms with van der Waals surface area (Å²) < 4.78 is 15.4. The average molecular weight is 412 g/mol. The van der Waals surface area contributed by atoms with E-state index in [4.69, 9.17) is 14.5 Å². The number of carbonyl (C=O) groups excluding carboxylic acids is 1. The lowest BCUT2D eigenvalue weighted by atomic mass is 10.1. The van der Waals surface area contributed by atoms with Gasteiger partial charge in [-0.3, -0.25) is 4.68 Å². The van der Waals surface area contributed by atoms with Gasteiger partial charge in [-0.15, -0.1) is 0 Å². The third kappa shape index (κ3) is 4.55. The van der Waals surface area contributed by atoms with Crippen molar-refractivity contribution in [3.63, 3.8) is 0 Å². The molecule has 1 saturated heterocycles. The van der Waals surface area contributed by atoms with Crippen molar-refractivity contribution in [2.75, 3.05) is 13.1 Å². The summed E-state index contributed by atoms with van der Waals surface area (Å²) >= 11 is 0. The van der Waals surface area contributed by atoms with E-state index in [1.54, 1.807) is 26.5 Å². The Morgan fingerprint density at radius 1 is 1.17 bits per heavy atom. The molecule has 0 unspecified atom stereocenters. The van der Waals surface area contributed by atoms with Crippen LogP contribution in [0.3, 0.4) is 0 Å². The minimum Gasteiger partial charge on any atom is -0.473 e. The molecular weight excluding hydrogens is 384 g/mol. The fourth-order valence-electron chi connectivity index (χ4n) is 3.53. The quantitative estimate of drug-likeness (QED) is 0.656. The molecular formula is C21H28N6O3. The van der Waals surface area contributed by atoms with Gasteiger partial charge < -0.3 is 14.4 Å². The summed E-state index contributed by atoms with van der Waals surface area (Å²) in [5, 5.41) is 8.58. The second-order valence-corrected chi connectivity index (χ2v) is 8.63. The van der Waals surface area contributed by atoms with Gasteiger partial charge >= 0.3 is 6.09 Å². The highest BCUT2D eigenvalue weighted by atomic mass is 16.6. The summed E-state index contributed by atoms with van der Waals surface area (Å²) in [6.45, 7) is 6.91. The second kappa shape index (κ2) is 7.97. The van der Waals surface area contributed by atoms with Crippen LogP contribution >= 0.6 is 0 Å². The van der Waals surface area contributed by atoms with E-state index < -0.39 is 5.60 Å². The van der Waals surface area contributed by atoms with Gasteiger partial charge in [0, 0.05) is 38.3 Å². The van der Waals surface area contributed by atoms with Gasteiger partial charge in [-0.05, 0) is 39.7 Å². The third-order valence-electron chi connectivity index (χ3n) is 4.96. The predicted octanol–water partition coefficient (Wildman–Crippen LogP) is 3.30. The number of aryl methyl sites for hydroxylation is 1. The number of aromatic nitrogens is 5. The summed E-state index contributed by atoms with van der Waals surface area (Å²) in [6, 6.07) is 1.89. The molecule has 30 heavy (non-hydrogen) atoms. The fourth-order valence-corrected chi connectivity index (χ4v) is 3.53. The Kier molecular flexibility index (Phi) is 5.36. The van der Waals surface area contributed by atoms with Crippen molar-refractivity contribution in [3.05, 3.63) is 30.9 Å². The van der Waals surface area contributed by atoms with Gasteiger partial charge in [0.1, 0.15) is 17.2 Å². The molecule has 0 radical (unpaired) electrons. The lowest BCUT2D eigenvalue weighted by Gasteiger charge is -2.26. The topological polar surface area (TPSA) is 86.8 Å². The predicted molar refractivity (Wildman–Crippen MR) is 111 cm³/mol. The van der Waals surface area contributed by atoms with Crippen LogP contribution in [0.5, 0.6) is 5.88 Å². The lowest BCUT2D eigenvalue weighted by Crippen LogP contribution is -2.37. The molecule has 3 aromatic rings. The number of amides is 1. The Bertz CT molecular complexity index is 1030. The molecule has 1 amide bonds. The van der Waals surface area contributed by atoms with E-state index in [1.807, 2.05) is 46.3 Å². The Balaban J connectivity index is 1.50. The maximum atomic E-state index is 12.4. The van der Waals surface area contributed by atoms with Gasteiger partial charge in [0.05, 0.1) is 24.3 Å². The van der Waals surface area contributed by atoms with Gasteiger partial charge in [-0.1, -0.05) is 0 Å². The smallest absolute Gasteiger partial charge is 0.410 e. The van der Waals surface area contributed by atoms with Gasteiger partial charge in [-0.2, -0.15) is 10.2 Å². The summed E-state index contributed by atoms with van der Waals surface area (Å²) in [5.74, 6) is 0.546. The average Bonchev–Trinajstić information content (AvgIpc) is 3.25. The Morgan fingerprint density at radius 2 is 2.00 bits per heavy atom. The molecule has 3 aromatic heterocycles. The third-order valence-corrected chi connectivity index (χ3v) is 4.96. The van der Waals surface area contributed by atoms with E-state index in [1.165, 1.54) is 0 Å². The molecule has 9 heteroatoms. The monoisotopic (exact) mass is 412 g/mol. The maximum absolute atomic E-state index is 12.4. The van der Waals surface area contributed by atoms with Crippen LogP contribution in [0.4, 0.5) is 4.79 Å². The highest BCUT2D eigenvalue weighted by Gasteiger charge is 2.26. The summed E-state index contributed by atoms with van der Waals surface area (Å²) in [5.41, 5.74) is 1.97. The highest BCUT2D eigenvalue weighted by molar-refractivity contribution is 5.68. The van der Waals surface area contributed by atoms with E-state index in [-0.39, 0.29) is 12.2 Å². The molecule has 0 aliphatic carbocycles. The van der Waals surface area contributed by atoms with E-state index >= 15 is 0 Å². The fraction of sp³-hybridized carbons (Fsp3) is 0.524. The van der Waals surface area contributed by atoms with Crippen molar-refractivity contribution in [3.8, 4) is 17.1 Å². The van der Waals surface area contributed by atoms with Gasteiger partial charge in [0.2, 0.25) is 5.88 Å². The van der Waals surface area contributed by atoms with Crippen molar-refractivity contribution in [1.29, 1.82) is 0 Å². The maximum Gasteiger partial charge on any atom is 0.410 e. The van der Waals surface area contributed by atoms with Crippen LogP contribution in [0.15, 0.2) is 30.9 Å². The molecule has 0 aromatic carbocycles.